The van der Waals surface area contributed by atoms with Crippen LogP contribution in [0, 0.1) is 11.8 Å². The summed E-state index contributed by atoms with van der Waals surface area (Å²) in [5, 5.41) is 7.56. The van der Waals surface area contributed by atoms with E-state index in [0.29, 0.717) is 29.6 Å². The topological polar surface area (TPSA) is 48.8 Å². The normalized spacial score (nSPS) is 29.3. The molecule has 3 aromatic carbocycles. The Morgan fingerprint density at radius 2 is 1.35 bits per heavy atom. The van der Waals surface area contributed by atoms with Crippen LogP contribution in [0.2, 0.25) is 0 Å². The molecule has 2 heterocycles. The van der Waals surface area contributed by atoms with E-state index in [4.69, 9.17) is 9.98 Å². The fraction of sp³-hybridized carbons (Fsp3) is 0.280. The first kappa shape index (κ1) is 33.1. The molecule has 0 radical (unpaired) electrons. The number of aliphatic imine (C=N–C) groups is 2. The molecule has 0 saturated heterocycles. The molecule has 4 heteroatoms. The quantitative estimate of drug-likeness (QED) is 0.251. The molecule has 5 aliphatic carbocycles. The highest BCUT2D eigenvalue weighted by Crippen LogP contribution is 2.56. The van der Waals surface area contributed by atoms with Gasteiger partial charge in [0.2, 0.25) is 0 Å². The number of allylic oxidation sites excluding steroid dienone is 11. The third-order valence-electron chi connectivity index (χ3n) is 12.7. The molecule has 268 valence electrons. The molecule has 0 spiro atoms. The van der Waals surface area contributed by atoms with Gasteiger partial charge in [-0.3, -0.25) is 0 Å². The highest BCUT2D eigenvalue weighted by Gasteiger charge is 2.44. The largest absolute Gasteiger partial charge is 0.374 e. The summed E-state index contributed by atoms with van der Waals surface area (Å²) in [6, 6.07) is 26.9. The minimum Gasteiger partial charge on any atom is -0.374 e. The Labute approximate surface area is 320 Å². The molecule has 4 nitrogen and oxygen atoms in total. The van der Waals surface area contributed by atoms with Crippen molar-refractivity contribution in [2.75, 3.05) is 0 Å². The molecule has 10 rings (SSSR count). The summed E-state index contributed by atoms with van der Waals surface area (Å²) in [6.07, 6.45) is 38.1. The highest BCUT2D eigenvalue weighted by molar-refractivity contribution is 6.16. The van der Waals surface area contributed by atoms with Crippen LogP contribution in [0.15, 0.2) is 179 Å². The van der Waals surface area contributed by atoms with E-state index in [0.717, 1.165) is 60.5 Å². The van der Waals surface area contributed by atoms with Crippen molar-refractivity contribution in [3.8, 4) is 0 Å². The Morgan fingerprint density at radius 1 is 0.593 bits per heavy atom. The lowest BCUT2D eigenvalue weighted by molar-refractivity contribution is 0.211. The molecule has 0 aromatic heterocycles. The van der Waals surface area contributed by atoms with Crippen molar-refractivity contribution in [1.29, 1.82) is 0 Å². The fourth-order valence-corrected chi connectivity index (χ4v) is 10.0. The Bertz CT molecular complexity index is 2260. The predicted octanol–water partition coefficient (Wildman–Crippen LogP) is 11.3. The molecule has 0 fully saturated rings. The van der Waals surface area contributed by atoms with E-state index in [1.54, 1.807) is 5.56 Å². The number of amidine groups is 2. The zero-order valence-electron chi connectivity index (χ0n) is 30.8. The predicted molar refractivity (Wildman–Crippen MR) is 223 cm³/mol. The molecule has 2 N–H and O–H groups in total. The van der Waals surface area contributed by atoms with Crippen LogP contribution in [0.3, 0.4) is 0 Å². The zero-order valence-corrected chi connectivity index (χ0v) is 30.8. The molecule has 0 saturated carbocycles. The lowest BCUT2D eigenvalue weighted by Crippen LogP contribution is -2.36. The van der Waals surface area contributed by atoms with Crippen molar-refractivity contribution >= 4 is 11.7 Å². The van der Waals surface area contributed by atoms with E-state index in [9.17, 15) is 0 Å². The Morgan fingerprint density at radius 3 is 2.15 bits per heavy atom. The lowest BCUT2D eigenvalue weighted by Gasteiger charge is -2.47. The van der Waals surface area contributed by atoms with Gasteiger partial charge in [-0.15, -0.1) is 0 Å². The van der Waals surface area contributed by atoms with Crippen molar-refractivity contribution in [1.82, 2.24) is 10.6 Å². The number of nitrogens with one attached hydrogen (secondary N) is 2. The van der Waals surface area contributed by atoms with Crippen molar-refractivity contribution in [2.45, 2.75) is 74.9 Å². The first-order valence-corrected chi connectivity index (χ1v) is 20.2. The molecule has 7 unspecified atom stereocenters. The monoisotopic (exact) mass is 704 g/mol. The van der Waals surface area contributed by atoms with Crippen LogP contribution in [-0.4, -0.2) is 11.7 Å². The Balaban J connectivity index is 1.07. The van der Waals surface area contributed by atoms with Crippen LogP contribution < -0.4 is 10.6 Å². The van der Waals surface area contributed by atoms with Crippen molar-refractivity contribution < 1.29 is 0 Å². The molecule has 7 atom stereocenters. The van der Waals surface area contributed by atoms with Crippen LogP contribution >= 0.6 is 0 Å². The van der Waals surface area contributed by atoms with Gasteiger partial charge in [-0.05, 0) is 96.2 Å². The van der Waals surface area contributed by atoms with Crippen molar-refractivity contribution in [3.05, 3.63) is 202 Å². The second-order valence-electron chi connectivity index (χ2n) is 15.8. The number of rotatable bonds is 6. The minimum absolute atomic E-state index is 0.0711. The summed E-state index contributed by atoms with van der Waals surface area (Å²) in [7, 11) is 0. The van der Waals surface area contributed by atoms with Gasteiger partial charge in [-0.2, -0.15) is 0 Å². The standard InChI is InChI=1S/C50H48N4/c1-4-15-33(16-5-1)46-25-14-26-47(51-46)43-30-28-37(50-53-48(34-17-6-2-7-18-34)52-49(54-50)35-19-8-3-9-20-35)32-44(43)36-27-29-42-40-23-11-10-21-38(40)39-22-12-13-24-41(39)45(42)31-36/h2,4,6-8,10-12,14-23,25-30,32,36,39,41-42,45,47,50-51H,1,3,5,9,13,24,31H2,(H,52,53,54). The van der Waals surface area contributed by atoms with Crippen LogP contribution in [0.25, 0.3) is 0 Å². The van der Waals surface area contributed by atoms with Gasteiger partial charge < -0.3 is 10.6 Å². The number of nitrogens with zero attached hydrogens (tertiary/aromatic N) is 2. The van der Waals surface area contributed by atoms with E-state index < -0.39 is 0 Å². The van der Waals surface area contributed by atoms with E-state index in [-0.39, 0.29) is 12.2 Å². The third kappa shape index (κ3) is 6.22. The second kappa shape index (κ2) is 14.4. The van der Waals surface area contributed by atoms with Crippen molar-refractivity contribution in [2.24, 2.45) is 21.8 Å². The number of benzene rings is 3. The molecule has 2 aliphatic heterocycles. The van der Waals surface area contributed by atoms with Gasteiger partial charge >= 0.3 is 0 Å². The van der Waals surface area contributed by atoms with Crippen LogP contribution in [0.1, 0.15) is 108 Å². The second-order valence-corrected chi connectivity index (χ2v) is 15.8. The molecule has 7 aliphatic rings. The summed E-state index contributed by atoms with van der Waals surface area (Å²) in [4.78, 5) is 10.6. The average Bonchev–Trinajstić information content (AvgIpc) is 3.27. The SMILES string of the molecule is C1=CC(c2ccc(C3N=C(C4=CCCC=C4)NC(c4ccccc4)=N3)cc2C2C=CC3c4ccccc4C4C=CCCC4C3C2)NC(C2=CCCC=C2)=C1. The zero-order chi connectivity index (χ0) is 35.8. The fourth-order valence-electron chi connectivity index (χ4n) is 10.0. The molecule has 3 aromatic rings. The van der Waals surface area contributed by atoms with Crippen molar-refractivity contribution in [3.63, 3.8) is 0 Å². The molecular formula is C50H48N4. The number of hydrogen-bond donors (Lipinski definition) is 2. The van der Waals surface area contributed by atoms with Crippen LogP contribution in [0.5, 0.6) is 0 Å². The van der Waals surface area contributed by atoms with Gasteiger partial charge in [-0.1, -0.05) is 146 Å². The maximum Gasteiger partial charge on any atom is 0.169 e. The average molecular weight is 705 g/mol. The number of dihydropyridines is 1. The highest BCUT2D eigenvalue weighted by atomic mass is 15.2. The smallest absolute Gasteiger partial charge is 0.169 e. The summed E-state index contributed by atoms with van der Waals surface area (Å²) in [5.74, 6) is 4.30. The van der Waals surface area contributed by atoms with Gasteiger partial charge in [-0.25, -0.2) is 9.98 Å². The van der Waals surface area contributed by atoms with E-state index in [1.807, 2.05) is 0 Å². The third-order valence-corrected chi connectivity index (χ3v) is 12.7. The van der Waals surface area contributed by atoms with Gasteiger partial charge in [0.15, 0.2) is 6.17 Å². The maximum absolute atomic E-state index is 5.32. The van der Waals surface area contributed by atoms with Crippen LogP contribution in [-0.2, 0) is 0 Å². The maximum atomic E-state index is 5.32. The van der Waals surface area contributed by atoms with E-state index in [2.05, 4.69) is 162 Å². The van der Waals surface area contributed by atoms with Gasteiger partial charge in [0, 0.05) is 34.6 Å². The lowest BCUT2D eigenvalue weighted by atomic mass is 9.57. The summed E-state index contributed by atoms with van der Waals surface area (Å²) in [6.45, 7) is 0. The first-order valence-electron chi connectivity index (χ1n) is 20.2. The summed E-state index contributed by atoms with van der Waals surface area (Å²) in [5.41, 5.74) is 11.7. The van der Waals surface area contributed by atoms with E-state index >= 15 is 0 Å². The molecule has 54 heavy (non-hydrogen) atoms. The van der Waals surface area contributed by atoms with Gasteiger partial charge in [0.25, 0.3) is 0 Å². The molecule has 0 bridgehead atoms. The minimum atomic E-state index is -0.349. The number of fused-ring (bicyclic) bond motifs is 6. The summed E-state index contributed by atoms with van der Waals surface area (Å²) >= 11 is 0. The Kier molecular flexibility index (Phi) is 8.83. The Hall–Kier alpha value is -5.48. The number of hydrogen-bond acceptors (Lipinski definition) is 4. The molecular weight excluding hydrogens is 657 g/mol. The van der Waals surface area contributed by atoms with Gasteiger partial charge in [0.05, 0.1) is 6.04 Å². The van der Waals surface area contributed by atoms with E-state index in [1.165, 1.54) is 40.8 Å². The molecule has 0 amide bonds. The summed E-state index contributed by atoms with van der Waals surface area (Å²) < 4.78 is 0. The van der Waals surface area contributed by atoms with Gasteiger partial charge in [0.1, 0.15) is 11.7 Å². The van der Waals surface area contributed by atoms with Crippen LogP contribution in [0.4, 0.5) is 0 Å². The first-order chi connectivity index (χ1) is 26.8.